The number of hydrogen-bond donors (Lipinski definition) is 2. The summed E-state index contributed by atoms with van der Waals surface area (Å²) in [7, 11) is -3.72. The van der Waals surface area contributed by atoms with E-state index in [4.69, 9.17) is 23.2 Å². The average molecular weight is 351 g/mol. The molecule has 0 radical (unpaired) electrons. The van der Waals surface area contributed by atoms with Crippen molar-refractivity contribution in [3.05, 3.63) is 27.2 Å². The molecule has 0 atom stereocenters. The number of nitrogens with one attached hydrogen (secondary N) is 2. The molecule has 1 aliphatic rings. The Hall–Kier alpha value is -0.330. The minimum atomic E-state index is -3.72. The van der Waals surface area contributed by atoms with Gasteiger partial charge in [-0.05, 0) is 63.9 Å². The predicted octanol–water partition coefficient (Wildman–Crippen LogP) is 3.03. The fraction of sp³-hybridized carbons (Fsp3) is 0.571. The van der Waals surface area contributed by atoms with E-state index in [1.54, 1.807) is 19.9 Å². The fourth-order valence-corrected chi connectivity index (χ4v) is 5.27. The van der Waals surface area contributed by atoms with E-state index in [0.717, 1.165) is 25.9 Å². The second-order valence-electron chi connectivity index (χ2n) is 5.86. The Bertz CT molecular complexity index is 627. The van der Waals surface area contributed by atoms with E-state index in [1.165, 1.54) is 0 Å². The molecule has 0 aliphatic carbocycles. The molecule has 0 aromatic heterocycles. The van der Waals surface area contributed by atoms with Crippen LogP contribution < -0.4 is 10.0 Å². The summed E-state index contributed by atoms with van der Waals surface area (Å²) in [6, 6.07) is 1.69. The van der Waals surface area contributed by atoms with E-state index >= 15 is 0 Å². The minimum absolute atomic E-state index is 0.0916. The zero-order chi connectivity index (χ0) is 15.8. The van der Waals surface area contributed by atoms with Gasteiger partial charge in [0.25, 0.3) is 0 Å². The molecule has 118 valence electrons. The Morgan fingerprint density at radius 2 is 1.81 bits per heavy atom. The summed E-state index contributed by atoms with van der Waals surface area (Å²) in [6.45, 7) is 6.93. The van der Waals surface area contributed by atoms with Crippen molar-refractivity contribution in [1.82, 2.24) is 10.0 Å². The Balaban J connectivity index is 2.45. The summed E-state index contributed by atoms with van der Waals surface area (Å²) < 4.78 is 28.4. The van der Waals surface area contributed by atoms with Gasteiger partial charge in [-0.25, -0.2) is 13.1 Å². The molecular weight excluding hydrogens is 331 g/mol. The largest absolute Gasteiger partial charge is 0.317 e. The maximum absolute atomic E-state index is 12.8. The van der Waals surface area contributed by atoms with Crippen LogP contribution in [0.15, 0.2) is 11.0 Å². The van der Waals surface area contributed by atoms with E-state index in [1.807, 2.05) is 6.92 Å². The van der Waals surface area contributed by atoms with Crippen molar-refractivity contribution < 1.29 is 8.42 Å². The lowest BCUT2D eigenvalue weighted by Crippen LogP contribution is -2.52. The van der Waals surface area contributed by atoms with Gasteiger partial charge >= 0.3 is 0 Å². The quantitative estimate of drug-likeness (QED) is 0.880. The van der Waals surface area contributed by atoms with E-state index in [-0.39, 0.29) is 9.92 Å². The summed E-state index contributed by atoms with van der Waals surface area (Å²) in [4.78, 5) is 0.0916. The molecule has 1 saturated heterocycles. The highest BCUT2D eigenvalue weighted by molar-refractivity contribution is 7.89. The average Bonchev–Trinajstić information content (AvgIpc) is 2.36. The molecule has 1 aromatic rings. The van der Waals surface area contributed by atoms with Crippen LogP contribution in [0.5, 0.6) is 0 Å². The van der Waals surface area contributed by atoms with Gasteiger partial charge in [-0.2, -0.15) is 0 Å². The van der Waals surface area contributed by atoms with E-state index in [9.17, 15) is 8.42 Å². The van der Waals surface area contributed by atoms with Crippen LogP contribution in [-0.4, -0.2) is 27.0 Å². The molecule has 2 rings (SSSR count). The van der Waals surface area contributed by atoms with Crippen LogP contribution in [0.1, 0.15) is 30.9 Å². The van der Waals surface area contributed by atoms with Crippen LogP contribution in [-0.2, 0) is 10.0 Å². The Morgan fingerprint density at radius 3 is 2.38 bits per heavy atom. The molecule has 7 heteroatoms. The molecule has 1 fully saturated rings. The molecule has 1 heterocycles. The number of halogens is 2. The van der Waals surface area contributed by atoms with Crippen LogP contribution in [0, 0.1) is 13.8 Å². The topological polar surface area (TPSA) is 58.2 Å². The normalized spacial score (nSPS) is 18.7. The van der Waals surface area contributed by atoms with Crippen molar-refractivity contribution in [3.63, 3.8) is 0 Å². The molecule has 0 saturated carbocycles. The third kappa shape index (κ3) is 3.54. The molecule has 2 N–H and O–H groups in total. The van der Waals surface area contributed by atoms with Gasteiger partial charge in [0, 0.05) is 10.6 Å². The van der Waals surface area contributed by atoms with Gasteiger partial charge in [-0.1, -0.05) is 23.2 Å². The highest BCUT2D eigenvalue weighted by Crippen LogP contribution is 2.34. The van der Waals surface area contributed by atoms with E-state index in [0.29, 0.717) is 16.1 Å². The first kappa shape index (κ1) is 17.0. The number of rotatable bonds is 3. The SMILES string of the molecule is Cc1cc(Cl)c(C)c(S(=O)(=O)NC2(C)CCNCC2)c1Cl. The summed E-state index contributed by atoms with van der Waals surface area (Å²) in [6.07, 6.45) is 1.48. The van der Waals surface area contributed by atoms with E-state index < -0.39 is 15.6 Å². The van der Waals surface area contributed by atoms with Crippen molar-refractivity contribution in [1.29, 1.82) is 0 Å². The minimum Gasteiger partial charge on any atom is -0.317 e. The number of aryl methyl sites for hydroxylation is 1. The van der Waals surface area contributed by atoms with Crippen molar-refractivity contribution in [2.24, 2.45) is 0 Å². The summed E-state index contributed by atoms with van der Waals surface area (Å²) in [5.74, 6) is 0. The molecule has 1 aromatic carbocycles. The first-order valence-corrected chi connectivity index (χ1v) is 9.10. The fourth-order valence-electron chi connectivity index (χ4n) is 2.59. The van der Waals surface area contributed by atoms with Crippen molar-refractivity contribution in [2.75, 3.05) is 13.1 Å². The second kappa shape index (κ2) is 6.05. The number of piperidine rings is 1. The second-order valence-corrected chi connectivity index (χ2v) is 8.26. The van der Waals surface area contributed by atoms with Crippen molar-refractivity contribution in [3.8, 4) is 0 Å². The monoisotopic (exact) mass is 350 g/mol. The number of hydrogen-bond acceptors (Lipinski definition) is 3. The molecule has 0 amide bonds. The van der Waals surface area contributed by atoms with Crippen LogP contribution in [0.25, 0.3) is 0 Å². The Kier molecular flexibility index (Phi) is 4.90. The van der Waals surface area contributed by atoms with Gasteiger partial charge in [0.05, 0.1) is 5.02 Å². The third-order valence-corrected chi connectivity index (χ3v) is 6.75. The lowest BCUT2D eigenvalue weighted by molar-refractivity contribution is 0.308. The lowest BCUT2D eigenvalue weighted by Gasteiger charge is -2.34. The van der Waals surface area contributed by atoms with Crippen molar-refractivity contribution in [2.45, 2.75) is 44.0 Å². The molecule has 0 spiro atoms. The number of sulfonamides is 1. The zero-order valence-corrected chi connectivity index (χ0v) is 14.7. The molecule has 0 bridgehead atoms. The summed E-state index contributed by atoms with van der Waals surface area (Å²) >= 11 is 12.3. The summed E-state index contributed by atoms with van der Waals surface area (Å²) in [5, 5.41) is 3.87. The van der Waals surface area contributed by atoms with Gasteiger partial charge in [0.2, 0.25) is 10.0 Å². The first-order chi connectivity index (χ1) is 9.66. The lowest BCUT2D eigenvalue weighted by atomic mass is 9.92. The third-order valence-electron chi connectivity index (χ3n) is 3.94. The van der Waals surface area contributed by atoms with Gasteiger partial charge in [-0.15, -0.1) is 0 Å². The van der Waals surface area contributed by atoms with Gasteiger partial charge < -0.3 is 5.32 Å². The van der Waals surface area contributed by atoms with Gasteiger partial charge in [0.1, 0.15) is 4.90 Å². The smallest absolute Gasteiger partial charge is 0.242 e. The van der Waals surface area contributed by atoms with Crippen LogP contribution in [0.3, 0.4) is 0 Å². The maximum atomic E-state index is 12.8. The van der Waals surface area contributed by atoms with Crippen LogP contribution >= 0.6 is 23.2 Å². The molecule has 1 aliphatic heterocycles. The van der Waals surface area contributed by atoms with E-state index in [2.05, 4.69) is 10.0 Å². The Labute approximate surface area is 136 Å². The number of benzene rings is 1. The maximum Gasteiger partial charge on any atom is 0.242 e. The zero-order valence-electron chi connectivity index (χ0n) is 12.4. The first-order valence-electron chi connectivity index (χ1n) is 6.86. The predicted molar refractivity (Wildman–Crippen MR) is 86.8 cm³/mol. The molecule has 0 unspecified atom stereocenters. The van der Waals surface area contributed by atoms with Crippen LogP contribution in [0.4, 0.5) is 0 Å². The molecular formula is C14H20Cl2N2O2S. The highest BCUT2D eigenvalue weighted by Gasteiger charge is 2.34. The molecule has 21 heavy (non-hydrogen) atoms. The highest BCUT2D eigenvalue weighted by atomic mass is 35.5. The van der Waals surface area contributed by atoms with Gasteiger partial charge in [0.15, 0.2) is 0 Å². The van der Waals surface area contributed by atoms with Crippen LogP contribution in [0.2, 0.25) is 10.0 Å². The standard InChI is InChI=1S/C14H20Cl2N2O2S/c1-9-8-11(15)10(2)13(12(9)16)21(19,20)18-14(3)4-6-17-7-5-14/h8,17-18H,4-7H2,1-3H3. The van der Waals surface area contributed by atoms with Gasteiger partial charge in [-0.3, -0.25) is 0 Å². The van der Waals surface area contributed by atoms with Crippen molar-refractivity contribution >= 4 is 33.2 Å². The summed E-state index contributed by atoms with van der Waals surface area (Å²) in [5.41, 5.74) is 0.677. The Morgan fingerprint density at radius 1 is 1.24 bits per heavy atom. The molecule has 4 nitrogen and oxygen atoms in total.